The molecule has 0 radical (unpaired) electrons. The fraction of sp³-hybridized carbons (Fsp3) is 0.667. The number of halogens is 1. The maximum atomic E-state index is 5.96. The van der Waals surface area contributed by atoms with Crippen molar-refractivity contribution in [2.45, 2.75) is 18.0 Å². The van der Waals surface area contributed by atoms with Crippen molar-refractivity contribution in [1.82, 2.24) is 14.9 Å². The van der Waals surface area contributed by atoms with Gasteiger partial charge in [-0.05, 0) is 38.6 Å². The van der Waals surface area contributed by atoms with Crippen LogP contribution in [0.5, 0.6) is 0 Å². The Hall–Kier alpha value is -0.520. The second kappa shape index (κ2) is 6.59. The Morgan fingerprint density at radius 3 is 3.11 bits per heavy atom. The van der Waals surface area contributed by atoms with Gasteiger partial charge in [0, 0.05) is 19.2 Å². The Balaban J connectivity index is 1.91. The smallest absolute Gasteiger partial charge is 0.190 e. The Kier molecular flexibility index (Phi) is 5.09. The quantitative estimate of drug-likeness (QED) is 0.523. The molecule has 1 saturated heterocycles. The van der Waals surface area contributed by atoms with Crippen molar-refractivity contribution in [3.63, 3.8) is 0 Å². The molecule has 1 aromatic heterocycles. The van der Waals surface area contributed by atoms with E-state index >= 15 is 0 Å². The van der Waals surface area contributed by atoms with Gasteiger partial charge >= 0.3 is 0 Å². The molecule has 1 N–H and O–H groups in total. The van der Waals surface area contributed by atoms with Gasteiger partial charge in [0.05, 0.1) is 0 Å². The highest BCUT2D eigenvalue weighted by Crippen LogP contribution is 2.19. The third kappa shape index (κ3) is 4.00. The van der Waals surface area contributed by atoms with Crippen molar-refractivity contribution < 1.29 is 0 Å². The molecule has 1 aliphatic rings. The summed E-state index contributed by atoms with van der Waals surface area (Å²) in [7, 11) is 2.18. The van der Waals surface area contributed by atoms with E-state index in [4.69, 9.17) is 11.6 Å². The van der Waals surface area contributed by atoms with Crippen LogP contribution in [0.15, 0.2) is 11.2 Å². The first-order valence-electron chi connectivity index (χ1n) is 6.18. The number of nitrogens with one attached hydrogen (secondary N) is 1. The fourth-order valence-corrected chi connectivity index (χ4v) is 2.88. The second-order valence-corrected chi connectivity index (χ2v) is 5.87. The normalized spacial score (nSPS) is 20.9. The average molecular weight is 287 g/mol. The number of hydrogen-bond acceptors (Lipinski definition) is 5. The van der Waals surface area contributed by atoms with Crippen molar-refractivity contribution >= 4 is 29.2 Å². The molecule has 0 amide bonds. The molecular formula is C12H19ClN4S. The summed E-state index contributed by atoms with van der Waals surface area (Å²) in [5.74, 6) is 1.52. The molecule has 0 aromatic carbocycles. The van der Waals surface area contributed by atoms with Crippen LogP contribution < -0.4 is 5.32 Å². The summed E-state index contributed by atoms with van der Waals surface area (Å²) < 4.78 is 0. The lowest BCUT2D eigenvalue weighted by molar-refractivity contribution is 0.217. The minimum absolute atomic E-state index is 0.498. The van der Waals surface area contributed by atoms with E-state index in [1.807, 2.05) is 6.26 Å². The molecule has 1 aromatic rings. The molecule has 100 valence electrons. The van der Waals surface area contributed by atoms with Gasteiger partial charge in [-0.25, -0.2) is 9.97 Å². The van der Waals surface area contributed by atoms with E-state index in [0.717, 1.165) is 18.9 Å². The van der Waals surface area contributed by atoms with Gasteiger partial charge in [-0.2, -0.15) is 0 Å². The molecule has 1 atom stereocenters. The lowest BCUT2D eigenvalue weighted by atomic mass is 9.98. The average Bonchev–Trinajstić information content (AvgIpc) is 2.36. The molecule has 0 spiro atoms. The Bertz CT molecular complexity index is 402. The highest BCUT2D eigenvalue weighted by molar-refractivity contribution is 7.98. The van der Waals surface area contributed by atoms with Crippen molar-refractivity contribution in [2.24, 2.45) is 5.92 Å². The van der Waals surface area contributed by atoms with Gasteiger partial charge in [0.15, 0.2) is 5.16 Å². The summed E-state index contributed by atoms with van der Waals surface area (Å²) >= 11 is 7.46. The van der Waals surface area contributed by atoms with Gasteiger partial charge in [-0.15, -0.1) is 0 Å². The van der Waals surface area contributed by atoms with E-state index in [1.165, 1.54) is 31.1 Å². The number of piperidine rings is 1. The lowest BCUT2D eigenvalue weighted by Crippen LogP contribution is -2.35. The topological polar surface area (TPSA) is 41.1 Å². The number of hydrogen-bond donors (Lipinski definition) is 1. The van der Waals surface area contributed by atoms with Crippen molar-refractivity contribution in [3.05, 3.63) is 11.2 Å². The number of anilines is 1. The first-order valence-corrected chi connectivity index (χ1v) is 7.78. The van der Waals surface area contributed by atoms with E-state index in [1.54, 1.807) is 6.07 Å². The van der Waals surface area contributed by atoms with E-state index in [-0.39, 0.29) is 0 Å². The largest absolute Gasteiger partial charge is 0.370 e. The van der Waals surface area contributed by atoms with Crippen molar-refractivity contribution in [3.8, 4) is 0 Å². The summed E-state index contributed by atoms with van der Waals surface area (Å²) in [5, 5.41) is 4.59. The zero-order valence-electron chi connectivity index (χ0n) is 10.8. The lowest BCUT2D eigenvalue weighted by Gasteiger charge is -2.29. The Morgan fingerprint density at radius 1 is 1.56 bits per heavy atom. The minimum atomic E-state index is 0.498. The first kappa shape index (κ1) is 13.9. The molecule has 6 heteroatoms. The Labute approximate surface area is 118 Å². The number of aromatic nitrogens is 2. The molecule has 2 rings (SSSR count). The maximum Gasteiger partial charge on any atom is 0.190 e. The zero-order valence-corrected chi connectivity index (χ0v) is 12.4. The molecule has 4 nitrogen and oxygen atoms in total. The van der Waals surface area contributed by atoms with Gasteiger partial charge in [-0.3, -0.25) is 0 Å². The summed E-state index contributed by atoms with van der Waals surface area (Å²) in [6.45, 7) is 3.32. The van der Waals surface area contributed by atoms with Gasteiger partial charge < -0.3 is 10.2 Å². The molecule has 1 fully saturated rings. The third-order valence-corrected chi connectivity index (χ3v) is 3.89. The van der Waals surface area contributed by atoms with Crippen LogP contribution in [0.4, 0.5) is 5.82 Å². The molecule has 1 aliphatic heterocycles. The van der Waals surface area contributed by atoms with Gasteiger partial charge in [0.2, 0.25) is 0 Å². The predicted molar refractivity (Wildman–Crippen MR) is 77.5 cm³/mol. The van der Waals surface area contributed by atoms with E-state index in [0.29, 0.717) is 16.2 Å². The van der Waals surface area contributed by atoms with Crippen LogP contribution in [0.1, 0.15) is 12.8 Å². The second-order valence-electron chi connectivity index (χ2n) is 4.71. The predicted octanol–water partition coefficient (Wildman–Crippen LogP) is 2.61. The molecule has 0 aliphatic carbocycles. The first-order chi connectivity index (χ1) is 8.67. The van der Waals surface area contributed by atoms with Crippen LogP contribution in [-0.4, -0.2) is 47.8 Å². The fourth-order valence-electron chi connectivity index (χ4n) is 2.27. The third-order valence-electron chi connectivity index (χ3n) is 3.15. The summed E-state index contributed by atoms with van der Waals surface area (Å²) in [4.78, 5) is 10.9. The maximum absolute atomic E-state index is 5.96. The van der Waals surface area contributed by atoms with Crippen LogP contribution >= 0.6 is 23.4 Å². The van der Waals surface area contributed by atoms with E-state index < -0.39 is 0 Å². The molecule has 18 heavy (non-hydrogen) atoms. The SMILES string of the molecule is CSc1nc(Cl)cc(NCC2CCCN(C)C2)n1. The minimum Gasteiger partial charge on any atom is -0.370 e. The number of thioether (sulfide) groups is 1. The highest BCUT2D eigenvalue weighted by atomic mass is 35.5. The van der Waals surface area contributed by atoms with Crippen molar-refractivity contribution in [2.75, 3.05) is 38.3 Å². The molecule has 0 saturated carbocycles. The molecular weight excluding hydrogens is 268 g/mol. The van der Waals surface area contributed by atoms with Gasteiger partial charge in [0.25, 0.3) is 0 Å². The summed E-state index contributed by atoms with van der Waals surface area (Å²) in [6, 6.07) is 1.79. The zero-order chi connectivity index (χ0) is 13.0. The summed E-state index contributed by atoms with van der Waals surface area (Å²) in [5.41, 5.74) is 0. The van der Waals surface area contributed by atoms with Gasteiger partial charge in [-0.1, -0.05) is 23.4 Å². The molecule has 2 heterocycles. The van der Waals surface area contributed by atoms with Crippen LogP contribution in [0, 0.1) is 5.92 Å². The van der Waals surface area contributed by atoms with E-state index in [9.17, 15) is 0 Å². The highest BCUT2D eigenvalue weighted by Gasteiger charge is 2.17. The number of rotatable bonds is 4. The summed E-state index contributed by atoms with van der Waals surface area (Å²) in [6.07, 6.45) is 4.51. The molecule has 0 bridgehead atoms. The standard InChI is InChI=1S/C12H19ClN4S/c1-17-5-3-4-9(8-17)7-14-11-6-10(13)15-12(16-11)18-2/h6,9H,3-5,7-8H2,1-2H3,(H,14,15,16). The van der Waals surface area contributed by atoms with E-state index in [2.05, 4.69) is 27.2 Å². The van der Waals surface area contributed by atoms with Crippen LogP contribution in [0.25, 0.3) is 0 Å². The molecule has 1 unspecified atom stereocenters. The monoisotopic (exact) mass is 286 g/mol. The van der Waals surface area contributed by atoms with Crippen LogP contribution in [-0.2, 0) is 0 Å². The Morgan fingerprint density at radius 2 is 2.39 bits per heavy atom. The van der Waals surface area contributed by atoms with Gasteiger partial charge in [0.1, 0.15) is 11.0 Å². The van der Waals surface area contributed by atoms with Crippen molar-refractivity contribution in [1.29, 1.82) is 0 Å². The number of nitrogens with zero attached hydrogens (tertiary/aromatic N) is 3. The van der Waals surface area contributed by atoms with Crippen LogP contribution in [0.2, 0.25) is 5.15 Å². The number of likely N-dealkylation sites (tertiary alicyclic amines) is 1. The van der Waals surface area contributed by atoms with Crippen LogP contribution in [0.3, 0.4) is 0 Å².